The molecule has 0 saturated carbocycles. The smallest absolute Gasteiger partial charge is 0.240 e. The first-order valence-electron chi connectivity index (χ1n) is 8.73. The maximum atomic E-state index is 13.7. The number of nitrogens with one attached hydrogen (secondary N) is 2. The number of carbonyl (C=O) groups is 1. The maximum absolute atomic E-state index is 13.7. The van der Waals surface area contributed by atoms with Gasteiger partial charge in [-0.25, -0.2) is 9.38 Å². The fourth-order valence-corrected chi connectivity index (χ4v) is 2.38. The van der Waals surface area contributed by atoms with Crippen molar-refractivity contribution >= 4 is 11.9 Å². The third-order valence-corrected chi connectivity index (χ3v) is 3.41. The lowest BCUT2D eigenvalue weighted by Crippen LogP contribution is -2.48. The molecule has 0 bridgehead atoms. The predicted molar refractivity (Wildman–Crippen MR) is 102 cm³/mol. The molecule has 1 amide bonds. The monoisotopic (exact) mass is 366 g/mol. The van der Waals surface area contributed by atoms with Crippen molar-refractivity contribution in [3.05, 3.63) is 35.1 Å². The minimum Gasteiger partial charge on any atom is -0.380 e. The largest absolute Gasteiger partial charge is 0.380 e. The summed E-state index contributed by atoms with van der Waals surface area (Å²) in [6, 6.07) is 4.87. The first-order valence-corrected chi connectivity index (χ1v) is 8.73. The number of rotatable bonds is 7. The average molecular weight is 366 g/mol. The highest BCUT2D eigenvalue weighted by Gasteiger charge is 2.16. The van der Waals surface area contributed by atoms with E-state index in [-0.39, 0.29) is 30.4 Å². The summed E-state index contributed by atoms with van der Waals surface area (Å²) in [4.78, 5) is 18.4. The second-order valence-corrected chi connectivity index (χ2v) is 7.18. The molecule has 7 heteroatoms. The van der Waals surface area contributed by atoms with Gasteiger partial charge in [0.2, 0.25) is 5.91 Å². The summed E-state index contributed by atoms with van der Waals surface area (Å²) in [6.45, 7) is 9.26. The summed E-state index contributed by atoms with van der Waals surface area (Å²) in [5, 5.41) is 6.10. The molecule has 2 N–H and O–H groups in total. The van der Waals surface area contributed by atoms with E-state index in [0.717, 1.165) is 5.56 Å². The Morgan fingerprint density at radius 1 is 1.35 bits per heavy atom. The highest BCUT2D eigenvalue weighted by molar-refractivity contribution is 5.86. The highest BCUT2D eigenvalue weighted by atomic mass is 19.1. The highest BCUT2D eigenvalue weighted by Crippen LogP contribution is 2.12. The second-order valence-electron chi connectivity index (χ2n) is 7.18. The van der Waals surface area contributed by atoms with E-state index >= 15 is 0 Å². The van der Waals surface area contributed by atoms with E-state index in [1.54, 1.807) is 17.0 Å². The van der Waals surface area contributed by atoms with Crippen LogP contribution in [0.5, 0.6) is 0 Å². The zero-order valence-electron chi connectivity index (χ0n) is 16.6. The van der Waals surface area contributed by atoms with Crippen LogP contribution in [0.4, 0.5) is 4.39 Å². The Morgan fingerprint density at radius 3 is 2.62 bits per heavy atom. The summed E-state index contributed by atoms with van der Waals surface area (Å²) in [5.74, 6) is 0.256. The van der Waals surface area contributed by atoms with Gasteiger partial charge in [-0.2, -0.15) is 0 Å². The summed E-state index contributed by atoms with van der Waals surface area (Å²) < 4.78 is 18.7. The van der Waals surface area contributed by atoms with Gasteiger partial charge in [0.1, 0.15) is 5.82 Å². The molecule has 0 aliphatic rings. The summed E-state index contributed by atoms with van der Waals surface area (Å²) in [7, 11) is 3.34. The number of guanidine groups is 1. The molecule has 0 atom stereocenters. The van der Waals surface area contributed by atoms with Gasteiger partial charge in [-0.05, 0) is 45.4 Å². The quantitative estimate of drug-likeness (QED) is 0.574. The maximum Gasteiger partial charge on any atom is 0.240 e. The predicted octanol–water partition coefficient (Wildman–Crippen LogP) is 2.28. The van der Waals surface area contributed by atoms with E-state index in [1.165, 1.54) is 13.2 Å². The number of ether oxygens (including phenoxy) is 1. The number of amides is 1. The van der Waals surface area contributed by atoms with Gasteiger partial charge in [-0.15, -0.1) is 0 Å². The van der Waals surface area contributed by atoms with Crippen molar-refractivity contribution in [2.24, 2.45) is 4.99 Å². The van der Waals surface area contributed by atoms with E-state index < -0.39 is 0 Å². The van der Waals surface area contributed by atoms with Gasteiger partial charge in [0.25, 0.3) is 0 Å². The summed E-state index contributed by atoms with van der Waals surface area (Å²) >= 11 is 0. The number of methoxy groups -OCH3 is 1. The number of hydrogen-bond acceptors (Lipinski definition) is 3. The van der Waals surface area contributed by atoms with Crippen molar-refractivity contribution in [3.63, 3.8) is 0 Å². The fraction of sp³-hybridized carbons (Fsp3) is 0.579. The Kier molecular flexibility index (Phi) is 8.51. The molecular formula is C19H31FN4O2. The van der Waals surface area contributed by atoms with Crippen LogP contribution in [-0.2, 0) is 22.7 Å². The minimum absolute atomic E-state index is 0.0743. The molecule has 0 heterocycles. The molecule has 0 radical (unpaired) electrons. The molecule has 26 heavy (non-hydrogen) atoms. The molecular weight excluding hydrogens is 335 g/mol. The van der Waals surface area contributed by atoms with E-state index in [0.29, 0.717) is 24.6 Å². The number of aliphatic imine (C=N–C) groups is 1. The number of halogens is 1. The van der Waals surface area contributed by atoms with Gasteiger partial charge >= 0.3 is 0 Å². The van der Waals surface area contributed by atoms with Crippen LogP contribution in [0, 0.1) is 5.82 Å². The van der Waals surface area contributed by atoms with E-state index in [1.807, 2.05) is 34.7 Å². The number of likely N-dealkylation sites (N-methyl/N-ethyl adjacent to an activating group) is 1. The zero-order chi connectivity index (χ0) is 19.7. The normalized spacial score (nSPS) is 12.0. The fourth-order valence-electron chi connectivity index (χ4n) is 2.38. The van der Waals surface area contributed by atoms with Crippen molar-refractivity contribution in [2.75, 3.05) is 27.2 Å². The number of benzene rings is 1. The molecule has 6 nitrogen and oxygen atoms in total. The number of hydrogen-bond donors (Lipinski definition) is 2. The summed E-state index contributed by atoms with van der Waals surface area (Å²) in [6.07, 6.45) is 0. The van der Waals surface area contributed by atoms with Crippen molar-refractivity contribution in [2.45, 2.75) is 46.4 Å². The van der Waals surface area contributed by atoms with Gasteiger partial charge in [0.05, 0.1) is 19.7 Å². The van der Waals surface area contributed by atoms with Crippen LogP contribution >= 0.6 is 0 Å². The Labute approximate surface area is 155 Å². The number of carbonyl (C=O) groups excluding carboxylic acids is 1. The van der Waals surface area contributed by atoms with Crippen LogP contribution in [-0.4, -0.2) is 49.6 Å². The molecule has 1 aromatic rings. The van der Waals surface area contributed by atoms with Gasteiger partial charge in [-0.3, -0.25) is 4.79 Å². The topological polar surface area (TPSA) is 66.0 Å². The van der Waals surface area contributed by atoms with E-state index in [9.17, 15) is 9.18 Å². The van der Waals surface area contributed by atoms with Crippen LogP contribution in [0.25, 0.3) is 0 Å². The molecule has 0 aliphatic heterocycles. The summed E-state index contributed by atoms with van der Waals surface area (Å²) in [5.41, 5.74) is 1.10. The van der Waals surface area contributed by atoms with Crippen LogP contribution in [0.1, 0.15) is 38.8 Å². The molecule has 0 fully saturated rings. The van der Waals surface area contributed by atoms with E-state index in [2.05, 4.69) is 15.6 Å². The Morgan fingerprint density at radius 2 is 2.04 bits per heavy atom. The first kappa shape index (κ1) is 21.9. The molecule has 0 spiro atoms. The molecule has 146 valence electrons. The van der Waals surface area contributed by atoms with Crippen LogP contribution in [0.3, 0.4) is 0 Å². The third kappa shape index (κ3) is 7.82. The number of nitrogens with zero attached hydrogens (tertiary/aromatic N) is 2. The molecule has 0 saturated heterocycles. The molecule has 0 aliphatic carbocycles. The lowest BCUT2D eigenvalue weighted by Gasteiger charge is -2.25. The van der Waals surface area contributed by atoms with Crippen LogP contribution in [0.2, 0.25) is 0 Å². The van der Waals surface area contributed by atoms with Crippen molar-refractivity contribution in [1.29, 1.82) is 0 Å². The van der Waals surface area contributed by atoms with E-state index in [4.69, 9.17) is 4.74 Å². The van der Waals surface area contributed by atoms with Crippen molar-refractivity contribution in [3.8, 4) is 0 Å². The Bertz CT molecular complexity index is 626. The van der Waals surface area contributed by atoms with Gasteiger partial charge < -0.3 is 20.3 Å². The van der Waals surface area contributed by atoms with Gasteiger partial charge in [0, 0.05) is 31.8 Å². The molecule has 1 rings (SSSR count). The zero-order valence-corrected chi connectivity index (χ0v) is 16.6. The van der Waals surface area contributed by atoms with Crippen molar-refractivity contribution in [1.82, 2.24) is 15.5 Å². The molecule has 0 unspecified atom stereocenters. The lowest BCUT2D eigenvalue weighted by molar-refractivity contribution is -0.122. The Hall–Kier alpha value is -2.15. The van der Waals surface area contributed by atoms with Gasteiger partial charge in [0.15, 0.2) is 5.96 Å². The molecule has 1 aromatic carbocycles. The third-order valence-electron chi connectivity index (χ3n) is 3.41. The standard InChI is InChI=1S/C19H31FN4O2/c1-7-21-18(24(5)12-17(25)23-19(2,3)4)22-11-14-8-9-16(20)15(10-14)13-26-6/h8-10H,7,11-13H2,1-6H3,(H,21,22)(H,23,25). The van der Waals surface area contributed by atoms with Crippen molar-refractivity contribution < 1.29 is 13.9 Å². The van der Waals surface area contributed by atoms with Crippen LogP contribution in [0.15, 0.2) is 23.2 Å². The lowest BCUT2D eigenvalue weighted by atomic mass is 10.1. The molecule has 0 aromatic heterocycles. The SMILES string of the molecule is CCNC(=NCc1ccc(F)c(COC)c1)N(C)CC(=O)NC(C)(C)C. The average Bonchev–Trinajstić information content (AvgIpc) is 2.52. The van der Waals surface area contributed by atoms with Crippen LogP contribution < -0.4 is 10.6 Å². The first-order chi connectivity index (χ1) is 12.2. The minimum atomic E-state index is -0.289. The second kappa shape index (κ2) is 10.1. The van der Waals surface area contributed by atoms with Gasteiger partial charge in [-0.1, -0.05) is 6.07 Å². The Balaban J connectivity index is 2.82.